The lowest BCUT2D eigenvalue weighted by Crippen LogP contribution is -2.42. The average Bonchev–Trinajstić information content (AvgIpc) is 2.82. The van der Waals surface area contributed by atoms with Crippen molar-refractivity contribution in [3.63, 3.8) is 0 Å². The fraction of sp³-hybridized carbons (Fsp3) is 0.222. The summed E-state index contributed by atoms with van der Waals surface area (Å²) in [7, 11) is 0. The van der Waals surface area contributed by atoms with Crippen LogP contribution in [0.5, 0.6) is 0 Å². The van der Waals surface area contributed by atoms with Crippen LogP contribution in [0.15, 0.2) is 72.8 Å². The third kappa shape index (κ3) is 5.88. The second-order valence-corrected chi connectivity index (χ2v) is 8.77. The first-order valence-corrected chi connectivity index (χ1v) is 11.4. The van der Waals surface area contributed by atoms with Crippen molar-refractivity contribution in [2.24, 2.45) is 11.7 Å². The molecule has 0 radical (unpaired) electrons. The summed E-state index contributed by atoms with van der Waals surface area (Å²) >= 11 is 5.91. The van der Waals surface area contributed by atoms with E-state index in [2.05, 4.69) is 0 Å². The van der Waals surface area contributed by atoms with Crippen LogP contribution in [0.4, 0.5) is 5.69 Å². The first-order chi connectivity index (χ1) is 15.9. The molecule has 1 aliphatic heterocycles. The van der Waals surface area contributed by atoms with Crippen molar-refractivity contribution in [2.45, 2.75) is 25.7 Å². The number of ketones is 1. The van der Waals surface area contributed by atoms with Crippen LogP contribution in [0.25, 0.3) is 11.1 Å². The van der Waals surface area contributed by atoms with E-state index in [1.807, 2.05) is 48.5 Å². The molecule has 5 nitrogen and oxygen atoms in total. The number of hydrogen-bond donors (Lipinski definition) is 1. The molecule has 3 aromatic carbocycles. The molecule has 0 unspecified atom stereocenters. The third-order valence-corrected chi connectivity index (χ3v) is 6.27. The minimum Gasteiger partial charge on any atom is -0.366 e. The Labute approximate surface area is 211 Å². The Morgan fingerprint density at radius 2 is 1.65 bits per heavy atom. The van der Waals surface area contributed by atoms with Crippen LogP contribution in [0, 0.1) is 5.92 Å². The third-order valence-electron chi connectivity index (χ3n) is 6.02. The molecule has 0 aliphatic carbocycles. The quantitative estimate of drug-likeness (QED) is 0.492. The van der Waals surface area contributed by atoms with Gasteiger partial charge >= 0.3 is 0 Å². The van der Waals surface area contributed by atoms with Crippen molar-refractivity contribution >= 4 is 48.4 Å². The monoisotopic (exact) mass is 494 g/mol. The molecule has 34 heavy (non-hydrogen) atoms. The Morgan fingerprint density at radius 3 is 2.32 bits per heavy atom. The van der Waals surface area contributed by atoms with Crippen molar-refractivity contribution in [2.75, 3.05) is 11.4 Å². The van der Waals surface area contributed by atoms with Crippen LogP contribution in [-0.4, -0.2) is 24.1 Å². The highest BCUT2D eigenvalue weighted by Crippen LogP contribution is 2.30. The SMILES string of the molecule is NC(=O)c1ccccc1-c1ccc(N2CCC[C@H](CC(=O)Cc3ccc(Cl)cc3)C2=O)cc1.S. The number of halogens is 1. The van der Waals surface area contributed by atoms with E-state index in [-0.39, 0.29) is 37.5 Å². The van der Waals surface area contributed by atoms with Gasteiger partial charge in [-0.3, -0.25) is 14.4 Å². The number of hydrogen-bond acceptors (Lipinski definition) is 3. The average molecular weight is 495 g/mol. The molecule has 1 fully saturated rings. The number of carbonyl (C=O) groups excluding carboxylic acids is 3. The maximum Gasteiger partial charge on any atom is 0.249 e. The fourth-order valence-electron chi connectivity index (χ4n) is 4.34. The van der Waals surface area contributed by atoms with Crippen LogP contribution in [-0.2, 0) is 16.0 Å². The smallest absolute Gasteiger partial charge is 0.249 e. The summed E-state index contributed by atoms with van der Waals surface area (Å²) < 4.78 is 0. The molecule has 1 aliphatic rings. The van der Waals surface area contributed by atoms with Crippen LogP contribution >= 0.6 is 25.1 Å². The molecule has 7 heteroatoms. The Morgan fingerprint density at radius 1 is 0.971 bits per heavy atom. The normalized spacial score (nSPS) is 15.5. The van der Waals surface area contributed by atoms with Crippen molar-refractivity contribution < 1.29 is 14.4 Å². The van der Waals surface area contributed by atoms with Gasteiger partial charge in [-0.15, -0.1) is 0 Å². The standard InChI is InChI=1S/C27H25ClN2O3.H2S/c28-21-11-7-18(8-12-21)16-23(31)17-20-4-3-15-30(27(20)33)22-13-9-19(10-14-22)24-5-1-2-6-25(24)26(29)32;/h1-2,5-14,20H,3-4,15-17H2,(H2,29,32);1H2/t20-;/m1./s1. The summed E-state index contributed by atoms with van der Waals surface area (Å²) in [6.45, 7) is 0.623. The molecule has 0 saturated carbocycles. The van der Waals surface area contributed by atoms with Gasteiger partial charge in [0.25, 0.3) is 0 Å². The maximum atomic E-state index is 13.2. The van der Waals surface area contributed by atoms with Crippen molar-refractivity contribution in [3.05, 3.63) is 88.9 Å². The number of amides is 2. The summed E-state index contributed by atoms with van der Waals surface area (Å²) in [6.07, 6.45) is 2.10. The van der Waals surface area contributed by atoms with Gasteiger partial charge in [0.15, 0.2) is 0 Å². The van der Waals surface area contributed by atoms with Gasteiger partial charge in [-0.05, 0) is 59.9 Å². The zero-order valence-corrected chi connectivity index (χ0v) is 20.4. The lowest BCUT2D eigenvalue weighted by molar-refractivity contribution is -0.128. The van der Waals surface area contributed by atoms with E-state index in [0.717, 1.165) is 28.8 Å². The number of carbonyl (C=O) groups is 3. The summed E-state index contributed by atoms with van der Waals surface area (Å²) in [4.78, 5) is 39.3. The Balaban J connectivity index is 0.00000324. The van der Waals surface area contributed by atoms with E-state index in [0.29, 0.717) is 30.0 Å². The molecule has 0 aromatic heterocycles. The molecular formula is C27H27ClN2O3S. The highest BCUT2D eigenvalue weighted by Gasteiger charge is 2.31. The van der Waals surface area contributed by atoms with Crippen LogP contribution in [0.2, 0.25) is 5.02 Å². The van der Waals surface area contributed by atoms with Gasteiger partial charge in [0, 0.05) is 41.6 Å². The molecule has 3 aromatic rings. The van der Waals surface area contributed by atoms with Crippen LogP contribution < -0.4 is 10.6 Å². The number of Topliss-reactive ketones (excluding diaryl/α,β-unsaturated/α-hetero) is 1. The second-order valence-electron chi connectivity index (χ2n) is 8.33. The highest BCUT2D eigenvalue weighted by molar-refractivity contribution is 7.59. The number of primary amides is 1. The van der Waals surface area contributed by atoms with Crippen molar-refractivity contribution in [3.8, 4) is 11.1 Å². The molecule has 176 valence electrons. The van der Waals surface area contributed by atoms with Crippen LogP contribution in [0.1, 0.15) is 35.2 Å². The molecule has 1 atom stereocenters. The number of anilines is 1. The first-order valence-electron chi connectivity index (χ1n) is 11.0. The summed E-state index contributed by atoms with van der Waals surface area (Å²) in [5.41, 5.74) is 9.26. The largest absolute Gasteiger partial charge is 0.366 e. The highest BCUT2D eigenvalue weighted by atomic mass is 35.5. The van der Waals surface area contributed by atoms with Gasteiger partial charge < -0.3 is 10.6 Å². The van der Waals surface area contributed by atoms with Crippen molar-refractivity contribution in [1.82, 2.24) is 0 Å². The predicted octanol–water partition coefficient (Wildman–Crippen LogP) is 5.16. The molecule has 0 spiro atoms. The minimum atomic E-state index is -0.480. The van der Waals surface area contributed by atoms with E-state index in [1.165, 1.54) is 0 Å². The topological polar surface area (TPSA) is 80.5 Å². The zero-order valence-electron chi connectivity index (χ0n) is 18.7. The van der Waals surface area contributed by atoms with Gasteiger partial charge in [-0.1, -0.05) is 54.1 Å². The van der Waals surface area contributed by atoms with Gasteiger partial charge in [-0.25, -0.2) is 0 Å². The Bertz CT molecular complexity index is 1180. The Hall–Kier alpha value is -3.09. The molecule has 4 rings (SSSR count). The molecule has 2 amide bonds. The van der Waals surface area contributed by atoms with Crippen LogP contribution in [0.3, 0.4) is 0 Å². The number of nitrogens with zero attached hydrogens (tertiary/aromatic N) is 1. The lowest BCUT2D eigenvalue weighted by Gasteiger charge is -2.32. The van der Waals surface area contributed by atoms with Crippen molar-refractivity contribution in [1.29, 1.82) is 0 Å². The first kappa shape index (κ1) is 25.5. The van der Waals surface area contributed by atoms with Gasteiger partial charge in [0.05, 0.1) is 0 Å². The summed E-state index contributed by atoms with van der Waals surface area (Å²) in [5, 5.41) is 0.633. The number of benzene rings is 3. The second kappa shape index (κ2) is 11.4. The van der Waals surface area contributed by atoms with E-state index in [9.17, 15) is 14.4 Å². The molecule has 0 bridgehead atoms. The number of piperidine rings is 1. The van der Waals surface area contributed by atoms with Gasteiger partial charge in [0.1, 0.15) is 5.78 Å². The number of nitrogens with two attached hydrogens (primary N) is 1. The van der Waals surface area contributed by atoms with Gasteiger partial charge in [0.2, 0.25) is 11.8 Å². The maximum absolute atomic E-state index is 13.2. The van der Waals surface area contributed by atoms with E-state index < -0.39 is 5.91 Å². The molecule has 1 saturated heterocycles. The minimum absolute atomic E-state index is 0. The van der Waals surface area contributed by atoms with E-state index in [4.69, 9.17) is 17.3 Å². The molecule has 2 N–H and O–H groups in total. The van der Waals surface area contributed by atoms with Gasteiger partial charge in [-0.2, -0.15) is 13.5 Å². The fourth-order valence-corrected chi connectivity index (χ4v) is 4.47. The Kier molecular flexibility index (Phi) is 8.53. The van der Waals surface area contributed by atoms with E-state index >= 15 is 0 Å². The van der Waals surface area contributed by atoms with E-state index in [1.54, 1.807) is 29.2 Å². The molecule has 1 heterocycles. The predicted molar refractivity (Wildman–Crippen MR) is 141 cm³/mol. The summed E-state index contributed by atoms with van der Waals surface area (Å²) in [5.74, 6) is -0.757. The lowest BCUT2D eigenvalue weighted by atomic mass is 9.90. The summed E-state index contributed by atoms with van der Waals surface area (Å²) in [6, 6.07) is 21.9. The zero-order chi connectivity index (χ0) is 23.4. The number of rotatable bonds is 7. The molecular weight excluding hydrogens is 468 g/mol.